The van der Waals surface area contributed by atoms with E-state index in [2.05, 4.69) is 9.88 Å². The number of esters is 1. The van der Waals surface area contributed by atoms with E-state index in [0.717, 1.165) is 11.4 Å². The Balaban J connectivity index is 1.60. The molecule has 0 amide bonds. The standard InChI is InChI=1S/C25H29N5O4/c1-2-34-25(32)18-6-3-5-17(13-18)15-30(27)16-21(26)19-7-4-8-20-22(31)14-23(28-24(19)20)29-9-11-33-12-10-29/h3-8,13-14,16H,2,9-12,15,26-27H2,1H3,(H,28,31)/b21-16-. The fourth-order valence-corrected chi connectivity index (χ4v) is 3.99. The van der Waals surface area contributed by atoms with E-state index in [1.54, 1.807) is 49.5 Å². The number of H-pyrrole nitrogens is 1. The van der Waals surface area contributed by atoms with Gasteiger partial charge in [0.05, 0.1) is 43.1 Å². The van der Waals surface area contributed by atoms with Crippen molar-refractivity contribution in [3.8, 4) is 0 Å². The number of fused-ring (bicyclic) bond motifs is 1. The molecule has 9 nitrogen and oxygen atoms in total. The number of aromatic nitrogens is 1. The SMILES string of the molecule is CCOC(=O)c1cccc(CN(N)/C=C(\N)c2cccc3c(=O)cc(N4CCOCC4)[nH]c23)c1. The lowest BCUT2D eigenvalue weighted by Gasteiger charge is -2.28. The molecule has 0 aliphatic carbocycles. The van der Waals surface area contributed by atoms with Gasteiger partial charge < -0.3 is 30.1 Å². The summed E-state index contributed by atoms with van der Waals surface area (Å²) in [6, 6.07) is 14.1. The molecule has 0 atom stereocenters. The molecule has 1 saturated heterocycles. The first kappa shape index (κ1) is 23.3. The molecule has 0 spiro atoms. The highest BCUT2D eigenvalue weighted by molar-refractivity contribution is 5.91. The van der Waals surface area contributed by atoms with Crippen LogP contribution in [0.1, 0.15) is 28.4 Å². The Labute approximate surface area is 197 Å². The lowest BCUT2D eigenvalue weighted by molar-refractivity contribution is 0.0526. The molecule has 2 heterocycles. The third kappa shape index (κ3) is 5.22. The largest absolute Gasteiger partial charge is 0.462 e. The number of carbonyl (C=O) groups excluding carboxylic acids is 1. The van der Waals surface area contributed by atoms with E-state index in [-0.39, 0.29) is 11.4 Å². The average Bonchev–Trinajstić information content (AvgIpc) is 2.84. The molecule has 0 bridgehead atoms. The Kier molecular flexibility index (Phi) is 7.15. The zero-order valence-corrected chi connectivity index (χ0v) is 19.1. The molecule has 5 N–H and O–H groups in total. The molecule has 1 fully saturated rings. The molecule has 1 aromatic heterocycles. The van der Waals surface area contributed by atoms with Crippen molar-refractivity contribution in [2.75, 3.05) is 37.8 Å². The summed E-state index contributed by atoms with van der Waals surface area (Å²) in [7, 11) is 0. The van der Waals surface area contributed by atoms with Gasteiger partial charge in [-0.2, -0.15) is 0 Å². The monoisotopic (exact) mass is 463 g/mol. The number of aromatic amines is 1. The normalized spacial score (nSPS) is 14.3. The molecular formula is C25H29N5O4. The first-order chi connectivity index (χ1) is 16.5. The number of hydrogen-bond acceptors (Lipinski definition) is 8. The third-order valence-corrected chi connectivity index (χ3v) is 5.62. The summed E-state index contributed by atoms with van der Waals surface area (Å²) in [6.07, 6.45) is 1.62. The van der Waals surface area contributed by atoms with Crippen LogP contribution in [0.3, 0.4) is 0 Å². The Morgan fingerprint density at radius 2 is 1.97 bits per heavy atom. The van der Waals surface area contributed by atoms with E-state index >= 15 is 0 Å². The Bertz CT molecular complexity index is 1260. The predicted octanol–water partition coefficient (Wildman–Crippen LogP) is 2.17. The summed E-state index contributed by atoms with van der Waals surface area (Å²) < 4.78 is 10.5. The predicted molar refractivity (Wildman–Crippen MR) is 132 cm³/mol. The van der Waals surface area contributed by atoms with Gasteiger partial charge >= 0.3 is 5.97 Å². The van der Waals surface area contributed by atoms with Crippen LogP contribution in [0.4, 0.5) is 5.82 Å². The van der Waals surface area contributed by atoms with Crippen LogP contribution in [0.5, 0.6) is 0 Å². The number of ether oxygens (including phenoxy) is 2. The number of nitrogens with two attached hydrogens (primary N) is 2. The van der Waals surface area contributed by atoms with Crippen LogP contribution in [0, 0.1) is 0 Å². The molecule has 9 heteroatoms. The summed E-state index contributed by atoms with van der Waals surface area (Å²) in [5.41, 5.74) is 9.38. The van der Waals surface area contributed by atoms with Crippen LogP contribution in [-0.4, -0.2) is 48.9 Å². The fourth-order valence-electron chi connectivity index (χ4n) is 3.99. The number of hydrogen-bond donors (Lipinski definition) is 3. The molecule has 3 aromatic rings. The fraction of sp³-hybridized carbons (Fsp3) is 0.280. The van der Waals surface area contributed by atoms with Gasteiger partial charge in [0, 0.05) is 36.3 Å². The molecular weight excluding hydrogens is 434 g/mol. The maximum Gasteiger partial charge on any atom is 0.338 e. The van der Waals surface area contributed by atoms with Crippen molar-refractivity contribution < 1.29 is 14.3 Å². The first-order valence-electron chi connectivity index (χ1n) is 11.2. The van der Waals surface area contributed by atoms with Gasteiger partial charge in [0.1, 0.15) is 5.82 Å². The Morgan fingerprint density at radius 1 is 1.21 bits per heavy atom. The zero-order chi connectivity index (χ0) is 24.1. The molecule has 0 radical (unpaired) electrons. The number of carbonyl (C=O) groups is 1. The molecule has 34 heavy (non-hydrogen) atoms. The van der Waals surface area contributed by atoms with Crippen LogP contribution in [0.2, 0.25) is 0 Å². The van der Waals surface area contributed by atoms with E-state index in [1.165, 1.54) is 5.01 Å². The topological polar surface area (TPSA) is 127 Å². The van der Waals surface area contributed by atoms with Crippen molar-refractivity contribution in [3.05, 3.63) is 81.6 Å². The average molecular weight is 464 g/mol. The second-order valence-corrected chi connectivity index (χ2v) is 8.02. The number of pyridine rings is 1. The molecule has 2 aromatic carbocycles. The van der Waals surface area contributed by atoms with Crippen LogP contribution in [0.25, 0.3) is 16.6 Å². The van der Waals surface area contributed by atoms with Gasteiger partial charge in [0.25, 0.3) is 0 Å². The number of nitrogens with zero attached hydrogens (tertiary/aromatic N) is 2. The second-order valence-electron chi connectivity index (χ2n) is 8.02. The van der Waals surface area contributed by atoms with Crippen molar-refractivity contribution in [3.63, 3.8) is 0 Å². The van der Waals surface area contributed by atoms with E-state index in [9.17, 15) is 9.59 Å². The number of morpholine rings is 1. The highest BCUT2D eigenvalue weighted by atomic mass is 16.5. The highest BCUT2D eigenvalue weighted by Crippen LogP contribution is 2.23. The van der Waals surface area contributed by atoms with Crippen molar-refractivity contribution >= 4 is 28.4 Å². The van der Waals surface area contributed by atoms with Crippen molar-refractivity contribution in [2.24, 2.45) is 11.6 Å². The lowest BCUT2D eigenvalue weighted by Crippen LogP contribution is -2.37. The van der Waals surface area contributed by atoms with Gasteiger partial charge in [-0.1, -0.05) is 24.3 Å². The maximum absolute atomic E-state index is 12.8. The summed E-state index contributed by atoms with van der Waals surface area (Å²) in [5, 5.41) is 2.00. The minimum absolute atomic E-state index is 0.0784. The lowest BCUT2D eigenvalue weighted by atomic mass is 10.1. The van der Waals surface area contributed by atoms with Gasteiger partial charge in [0.2, 0.25) is 0 Å². The summed E-state index contributed by atoms with van der Waals surface area (Å²) in [6.45, 7) is 5.04. The number of anilines is 1. The van der Waals surface area contributed by atoms with Crippen LogP contribution in [0.15, 0.2) is 59.5 Å². The molecule has 0 unspecified atom stereocenters. The van der Waals surface area contributed by atoms with Gasteiger partial charge in [-0.25, -0.2) is 10.6 Å². The minimum atomic E-state index is -0.376. The van der Waals surface area contributed by atoms with Crippen LogP contribution in [-0.2, 0) is 16.0 Å². The quantitative estimate of drug-likeness (QED) is 0.276. The molecule has 1 aliphatic rings. The smallest absolute Gasteiger partial charge is 0.338 e. The van der Waals surface area contributed by atoms with Gasteiger partial charge in [-0.15, -0.1) is 0 Å². The summed E-state index contributed by atoms with van der Waals surface area (Å²) in [4.78, 5) is 30.3. The number of para-hydroxylation sites is 1. The van der Waals surface area contributed by atoms with E-state index in [0.29, 0.717) is 67.2 Å². The zero-order valence-electron chi connectivity index (χ0n) is 19.1. The van der Waals surface area contributed by atoms with E-state index < -0.39 is 0 Å². The molecule has 1 aliphatic heterocycles. The minimum Gasteiger partial charge on any atom is -0.462 e. The second kappa shape index (κ2) is 10.4. The number of benzene rings is 2. The third-order valence-electron chi connectivity index (χ3n) is 5.62. The molecule has 4 rings (SSSR count). The summed E-state index contributed by atoms with van der Waals surface area (Å²) in [5.74, 6) is 6.58. The van der Waals surface area contributed by atoms with Crippen LogP contribution >= 0.6 is 0 Å². The van der Waals surface area contributed by atoms with E-state index in [4.69, 9.17) is 21.1 Å². The number of nitrogens with one attached hydrogen (secondary N) is 1. The molecule has 178 valence electrons. The number of rotatable bonds is 7. The summed E-state index contributed by atoms with van der Waals surface area (Å²) >= 11 is 0. The number of hydrazine groups is 1. The Morgan fingerprint density at radius 3 is 2.74 bits per heavy atom. The maximum atomic E-state index is 12.8. The Hall–Kier alpha value is -3.82. The van der Waals surface area contributed by atoms with Crippen molar-refractivity contribution in [2.45, 2.75) is 13.5 Å². The van der Waals surface area contributed by atoms with E-state index in [1.807, 2.05) is 12.1 Å². The van der Waals surface area contributed by atoms with Crippen molar-refractivity contribution in [1.29, 1.82) is 0 Å². The first-order valence-corrected chi connectivity index (χ1v) is 11.2. The van der Waals surface area contributed by atoms with Gasteiger partial charge in [-0.3, -0.25) is 4.79 Å². The van der Waals surface area contributed by atoms with Gasteiger partial charge in [-0.05, 0) is 30.7 Å². The van der Waals surface area contributed by atoms with Crippen molar-refractivity contribution in [1.82, 2.24) is 9.99 Å². The highest BCUT2D eigenvalue weighted by Gasteiger charge is 2.15. The van der Waals surface area contributed by atoms with Gasteiger partial charge in [0.15, 0.2) is 5.43 Å². The molecule has 0 saturated carbocycles. The van der Waals surface area contributed by atoms with Crippen LogP contribution < -0.4 is 21.9 Å².